The van der Waals surface area contributed by atoms with E-state index < -0.39 is 0 Å². The summed E-state index contributed by atoms with van der Waals surface area (Å²) in [7, 11) is 1.60. The van der Waals surface area contributed by atoms with Crippen LogP contribution in [0.4, 0.5) is 0 Å². The lowest BCUT2D eigenvalue weighted by atomic mass is 10.2. The van der Waals surface area contributed by atoms with Gasteiger partial charge in [-0.2, -0.15) is 0 Å². The summed E-state index contributed by atoms with van der Waals surface area (Å²) >= 11 is 1.55. The molecule has 2 aromatic heterocycles. The number of para-hydroxylation sites is 2. The zero-order chi connectivity index (χ0) is 23.7. The molecule has 0 saturated heterocycles. The van der Waals surface area contributed by atoms with Gasteiger partial charge in [-0.3, -0.25) is 9.20 Å². The molecule has 0 radical (unpaired) electrons. The number of benzene rings is 3. The average molecular weight is 473 g/mol. The molecule has 0 fully saturated rings. The molecule has 172 valence electrons. The van der Waals surface area contributed by atoms with Crippen molar-refractivity contribution in [2.24, 2.45) is 0 Å². The van der Waals surface area contributed by atoms with Crippen molar-refractivity contribution < 1.29 is 9.47 Å². The van der Waals surface area contributed by atoms with Gasteiger partial charge in [0.25, 0.3) is 5.56 Å². The Labute approximate surface area is 201 Å². The van der Waals surface area contributed by atoms with Gasteiger partial charge in [-0.1, -0.05) is 48.2 Å². The fraction of sp³-hybridized carbons (Fsp3) is 0.192. The molecule has 2 heterocycles. The maximum absolute atomic E-state index is 13.6. The molecule has 0 saturated carbocycles. The molecule has 0 aliphatic rings. The molecule has 0 aliphatic carbocycles. The summed E-state index contributed by atoms with van der Waals surface area (Å²) in [5, 5.41) is 10.2. The lowest BCUT2D eigenvalue weighted by molar-refractivity contribution is 0.337. The molecular formula is C26H24N4O3S. The van der Waals surface area contributed by atoms with Crippen molar-refractivity contribution >= 4 is 28.4 Å². The van der Waals surface area contributed by atoms with Crippen LogP contribution in [0.2, 0.25) is 0 Å². The number of aromatic nitrogens is 4. The highest BCUT2D eigenvalue weighted by molar-refractivity contribution is 7.98. The third kappa shape index (κ3) is 3.80. The third-order valence-electron chi connectivity index (χ3n) is 5.60. The number of methoxy groups -OCH3 is 1. The lowest BCUT2D eigenvalue weighted by Crippen LogP contribution is -2.22. The average Bonchev–Trinajstić information content (AvgIpc) is 3.28. The molecule has 8 heteroatoms. The number of aryl methyl sites for hydroxylation is 1. The maximum atomic E-state index is 13.6. The molecule has 0 bridgehead atoms. The number of thioether (sulfide) groups is 1. The molecule has 3 aromatic carbocycles. The van der Waals surface area contributed by atoms with Gasteiger partial charge in [-0.15, -0.1) is 10.2 Å². The second-order valence-electron chi connectivity index (χ2n) is 7.78. The van der Waals surface area contributed by atoms with Gasteiger partial charge in [0, 0.05) is 11.3 Å². The van der Waals surface area contributed by atoms with Gasteiger partial charge in [0.05, 0.1) is 30.3 Å². The molecular weight excluding hydrogens is 448 g/mol. The molecule has 7 nitrogen and oxygen atoms in total. The second-order valence-corrected chi connectivity index (χ2v) is 8.72. The van der Waals surface area contributed by atoms with Crippen LogP contribution in [0.3, 0.4) is 0 Å². The summed E-state index contributed by atoms with van der Waals surface area (Å²) in [5.74, 6) is 2.54. The minimum atomic E-state index is -0.169. The van der Waals surface area contributed by atoms with Gasteiger partial charge in [-0.05, 0) is 49.7 Å². The number of rotatable bonds is 7. The van der Waals surface area contributed by atoms with E-state index in [4.69, 9.17) is 9.47 Å². The van der Waals surface area contributed by atoms with Crippen LogP contribution in [0.25, 0.3) is 22.4 Å². The first-order valence-electron chi connectivity index (χ1n) is 11.0. The van der Waals surface area contributed by atoms with Crippen LogP contribution in [0.1, 0.15) is 18.1 Å². The topological polar surface area (TPSA) is 70.7 Å². The van der Waals surface area contributed by atoms with E-state index in [1.54, 1.807) is 23.4 Å². The Morgan fingerprint density at radius 3 is 2.59 bits per heavy atom. The SMILES string of the molecule is CCOc1ccccc1CSc1nnc2n(-c3cc(C)ccc3OC)c(=O)c3ccccc3n12. The molecule has 5 rings (SSSR count). The summed E-state index contributed by atoms with van der Waals surface area (Å²) < 4.78 is 14.9. The lowest BCUT2D eigenvalue weighted by Gasteiger charge is -2.15. The molecule has 0 spiro atoms. The predicted molar refractivity (Wildman–Crippen MR) is 135 cm³/mol. The Bertz CT molecular complexity index is 1560. The zero-order valence-corrected chi connectivity index (χ0v) is 20.0. The van der Waals surface area contributed by atoms with Crippen LogP contribution >= 0.6 is 11.8 Å². The Morgan fingerprint density at radius 2 is 1.76 bits per heavy atom. The third-order valence-corrected chi connectivity index (χ3v) is 6.58. The molecule has 5 aromatic rings. The van der Waals surface area contributed by atoms with Crippen LogP contribution < -0.4 is 15.0 Å². The molecule has 0 N–H and O–H groups in total. The van der Waals surface area contributed by atoms with Crippen LogP contribution in [0.15, 0.2) is 76.7 Å². The Hall–Kier alpha value is -3.78. The van der Waals surface area contributed by atoms with Gasteiger partial charge in [-0.25, -0.2) is 4.57 Å². The van der Waals surface area contributed by atoms with E-state index in [1.807, 2.05) is 85.0 Å². The second kappa shape index (κ2) is 9.23. The van der Waals surface area contributed by atoms with Crippen LogP contribution in [0.5, 0.6) is 11.5 Å². The number of hydrogen-bond acceptors (Lipinski definition) is 6. The Morgan fingerprint density at radius 1 is 0.971 bits per heavy atom. The standard InChI is InChI=1S/C26H24N4O3S/c1-4-33-22-12-8-5-9-18(22)16-34-26-28-27-25-29(21-15-17(2)13-14-23(21)32-3)24(31)19-10-6-7-11-20(19)30(25)26/h5-15H,4,16H2,1-3H3. The molecule has 0 amide bonds. The first-order chi connectivity index (χ1) is 16.6. The number of ether oxygens (including phenoxy) is 2. The van der Waals surface area contributed by atoms with Crippen molar-refractivity contribution in [3.05, 3.63) is 88.2 Å². The Kier molecular flexibility index (Phi) is 5.98. The van der Waals surface area contributed by atoms with Gasteiger partial charge in [0.15, 0.2) is 5.16 Å². The normalized spacial score (nSPS) is 11.3. The van der Waals surface area contributed by atoms with E-state index in [0.717, 1.165) is 22.4 Å². The summed E-state index contributed by atoms with van der Waals surface area (Å²) in [4.78, 5) is 13.6. The van der Waals surface area contributed by atoms with E-state index in [9.17, 15) is 4.79 Å². The minimum absolute atomic E-state index is 0.169. The van der Waals surface area contributed by atoms with Gasteiger partial charge >= 0.3 is 0 Å². The van der Waals surface area contributed by atoms with Crippen LogP contribution in [0, 0.1) is 6.92 Å². The number of nitrogens with zero attached hydrogens (tertiary/aromatic N) is 4. The molecule has 0 aliphatic heterocycles. The fourth-order valence-corrected chi connectivity index (χ4v) is 4.96. The summed E-state index contributed by atoms with van der Waals surface area (Å²) in [6.07, 6.45) is 0. The van der Waals surface area contributed by atoms with E-state index in [0.29, 0.717) is 40.1 Å². The van der Waals surface area contributed by atoms with Crippen molar-refractivity contribution in [2.45, 2.75) is 24.8 Å². The summed E-state index contributed by atoms with van der Waals surface area (Å²) in [6.45, 7) is 4.55. The van der Waals surface area contributed by atoms with Crippen LogP contribution in [-0.2, 0) is 5.75 Å². The van der Waals surface area contributed by atoms with Crippen molar-refractivity contribution in [1.29, 1.82) is 0 Å². The quantitative estimate of drug-likeness (QED) is 0.309. The first-order valence-corrected chi connectivity index (χ1v) is 12.0. The molecule has 0 atom stereocenters. The molecule has 34 heavy (non-hydrogen) atoms. The van der Waals surface area contributed by atoms with Gasteiger partial charge < -0.3 is 9.47 Å². The first kappa shape index (κ1) is 22.0. The largest absolute Gasteiger partial charge is 0.495 e. The highest BCUT2D eigenvalue weighted by Crippen LogP contribution is 2.30. The van der Waals surface area contributed by atoms with Crippen LogP contribution in [-0.4, -0.2) is 32.9 Å². The van der Waals surface area contributed by atoms with E-state index in [2.05, 4.69) is 10.2 Å². The van der Waals surface area contributed by atoms with Crippen molar-refractivity contribution in [3.63, 3.8) is 0 Å². The number of fused-ring (bicyclic) bond motifs is 3. The minimum Gasteiger partial charge on any atom is -0.495 e. The highest BCUT2D eigenvalue weighted by Gasteiger charge is 2.20. The summed E-state index contributed by atoms with van der Waals surface area (Å²) in [5.41, 5.74) is 3.31. The van der Waals surface area contributed by atoms with E-state index >= 15 is 0 Å². The van der Waals surface area contributed by atoms with Crippen molar-refractivity contribution in [1.82, 2.24) is 19.2 Å². The van der Waals surface area contributed by atoms with E-state index in [-0.39, 0.29) is 5.56 Å². The monoisotopic (exact) mass is 472 g/mol. The molecule has 0 unspecified atom stereocenters. The van der Waals surface area contributed by atoms with Gasteiger partial charge in [0.2, 0.25) is 5.78 Å². The zero-order valence-electron chi connectivity index (χ0n) is 19.2. The highest BCUT2D eigenvalue weighted by atomic mass is 32.2. The Balaban J connectivity index is 1.70. The number of hydrogen-bond donors (Lipinski definition) is 0. The van der Waals surface area contributed by atoms with Gasteiger partial charge in [0.1, 0.15) is 11.5 Å². The van der Waals surface area contributed by atoms with Crippen molar-refractivity contribution in [3.8, 4) is 17.2 Å². The van der Waals surface area contributed by atoms with Crippen molar-refractivity contribution in [2.75, 3.05) is 13.7 Å². The van der Waals surface area contributed by atoms with E-state index in [1.165, 1.54) is 0 Å². The fourth-order valence-electron chi connectivity index (χ4n) is 4.03. The summed E-state index contributed by atoms with van der Waals surface area (Å²) in [6, 6.07) is 21.2. The smallest absolute Gasteiger partial charge is 0.267 e. The predicted octanol–water partition coefficient (Wildman–Crippen LogP) is 5.04. The maximum Gasteiger partial charge on any atom is 0.267 e.